The van der Waals surface area contributed by atoms with Crippen LogP contribution in [0.25, 0.3) is 11.0 Å². The molecule has 2 N–H and O–H groups in total. The first-order valence-electron chi connectivity index (χ1n) is 10.9. The summed E-state index contributed by atoms with van der Waals surface area (Å²) in [6, 6.07) is 21.5. The maximum absolute atomic E-state index is 12.5. The minimum Gasteiger partial charge on any atom is -0.346 e. The smallest absolute Gasteiger partial charge is 0.243 e. The number of halogens is 1. The molecule has 174 valence electrons. The van der Waals surface area contributed by atoms with Crippen LogP contribution in [0.5, 0.6) is 0 Å². The number of aryl methyl sites for hydroxylation is 2. The zero-order valence-electron chi connectivity index (χ0n) is 19.0. The first-order valence-corrected chi connectivity index (χ1v) is 12.2. The van der Waals surface area contributed by atoms with E-state index < -0.39 is 0 Å². The summed E-state index contributed by atoms with van der Waals surface area (Å²) in [7, 11) is 0. The van der Waals surface area contributed by atoms with Gasteiger partial charge < -0.3 is 15.2 Å². The molecule has 0 spiro atoms. The number of imidazole rings is 1. The van der Waals surface area contributed by atoms with Crippen molar-refractivity contribution >= 4 is 51.9 Å². The summed E-state index contributed by atoms with van der Waals surface area (Å²) < 4.78 is 2.08. The molecule has 0 bridgehead atoms. The van der Waals surface area contributed by atoms with E-state index in [-0.39, 0.29) is 24.1 Å². The number of anilines is 1. The number of aromatic nitrogens is 2. The fourth-order valence-corrected chi connectivity index (χ4v) is 4.68. The summed E-state index contributed by atoms with van der Waals surface area (Å²) in [5, 5.41) is 6.90. The van der Waals surface area contributed by atoms with Gasteiger partial charge in [0.1, 0.15) is 0 Å². The van der Waals surface area contributed by atoms with Crippen molar-refractivity contribution in [3.8, 4) is 0 Å². The number of thioether (sulfide) groups is 1. The van der Waals surface area contributed by atoms with E-state index >= 15 is 0 Å². The van der Waals surface area contributed by atoms with Gasteiger partial charge in [-0.2, -0.15) is 0 Å². The van der Waals surface area contributed by atoms with Gasteiger partial charge in [-0.25, -0.2) is 4.98 Å². The lowest BCUT2D eigenvalue weighted by Gasteiger charge is -2.12. The number of nitrogens with one attached hydrogen (secondary N) is 2. The highest BCUT2D eigenvalue weighted by Gasteiger charge is 2.15. The van der Waals surface area contributed by atoms with Gasteiger partial charge in [-0.05, 0) is 48.7 Å². The maximum atomic E-state index is 12.5. The summed E-state index contributed by atoms with van der Waals surface area (Å²) in [6.07, 6.45) is 0. The van der Waals surface area contributed by atoms with E-state index in [2.05, 4.69) is 27.3 Å². The van der Waals surface area contributed by atoms with Crippen LogP contribution in [-0.2, 0) is 16.1 Å². The molecular formula is C26H25ClN4O2S. The van der Waals surface area contributed by atoms with Crippen molar-refractivity contribution in [3.05, 3.63) is 88.4 Å². The Morgan fingerprint density at radius 3 is 2.44 bits per heavy atom. The Morgan fingerprint density at radius 1 is 0.971 bits per heavy atom. The molecule has 0 saturated carbocycles. The lowest BCUT2D eigenvalue weighted by atomic mass is 10.1. The largest absolute Gasteiger partial charge is 0.346 e. The molecule has 4 rings (SSSR count). The standard InChI is InChI=1S/C26H25ClN4O2S/c1-17-7-6-8-18(2)25(17)30-23(32)14-28-24(33)16-34-26-29-21-13-20(27)11-12-22(21)31(26)15-19-9-4-3-5-10-19/h3-13H,14-16H2,1-2H3,(H,28,33)(H,30,32). The molecule has 0 aliphatic carbocycles. The van der Waals surface area contributed by atoms with Crippen LogP contribution in [0.4, 0.5) is 5.69 Å². The molecule has 34 heavy (non-hydrogen) atoms. The number of para-hydroxylation sites is 1. The molecule has 0 saturated heterocycles. The van der Waals surface area contributed by atoms with E-state index in [9.17, 15) is 9.59 Å². The third-order valence-electron chi connectivity index (χ3n) is 5.38. The number of hydrogen-bond acceptors (Lipinski definition) is 4. The summed E-state index contributed by atoms with van der Waals surface area (Å²) in [4.78, 5) is 29.5. The lowest BCUT2D eigenvalue weighted by Crippen LogP contribution is -2.34. The summed E-state index contributed by atoms with van der Waals surface area (Å²) in [5.41, 5.74) is 5.60. The van der Waals surface area contributed by atoms with Crippen LogP contribution in [0.1, 0.15) is 16.7 Å². The molecule has 0 atom stereocenters. The predicted octanol–water partition coefficient (Wildman–Crippen LogP) is 5.20. The fourth-order valence-electron chi connectivity index (χ4n) is 3.67. The van der Waals surface area contributed by atoms with E-state index in [0.29, 0.717) is 11.6 Å². The Bertz CT molecular complexity index is 1320. The van der Waals surface area contributed by atoms with Crippen molar-refractivity contribution in [3.63, 3.8) is 0 Å². The molecule has 8 heteroatoms. The van der Waals surface area contributed by atoms with Crippen LogP contribution >= 0.6 is 23.4 Å². The Hall–Kier alpha value is -3.29. The second kappa shape index (κ2) is 10.8. The first kappa shape index (κ1) is 23.9. The quantitative estimate of drug-likeness (QED) is 0.331. The van der Waals surface area contributed by atoms with Crippen LogP contribution in [-0.4, -0.2) is 33.7 Å². The topological polar surface area (TPSA) is 76.0 Å². The third kappa shape index (κ3) is 5.79. The molecular weight excluding hydrogens is 468 g/mol. The molecule has 0 unspecified atom stereocenters. The van der Waals surface area contributed by atoms with Gasteiger partial charge in [-0.15, -0.1) is 0 Å². The van der Waals surface area contributed by atoms with Crippen molar-refractivity contribution in [2.45, 2.75) is 25.5 Å². The zero-order chi connectivity index (χ0) is 24.1. The van der Waals surface area contributed by atoms with Gasteiger partial charge in [0.2, 0.25) is 11.8 Å². The summed E-state index contributed by atoms with van der Waals surface area (Å²) in [6.45, 7) is 4.41. The second-order valence-electron chi connectivity index (χ2n) is 7.98. The molecule has 4 aromatic rings. The molecule has 0 radical (unpaired) electrons. The minimum absolute atomic E-state index is 0.0940. The predicted molar refractivity (Wildman–Crippen MR) is 139 cm³/mol. The molecule has 2 amide bonds. The Balaban J connectivity index is 1.40. The van der Waals surface area contributed by atoms with Gasteiger partial charge in [0.05, 0.1) is 29.9 Å². The van der Waals surface area contributed by atoms with Crippen LogP contribution in [0.2, 0.25) is 5.02 Å². The molecule has 3 aromatic carbocycles. The fraction of sp³-hybridized carbons (Fsp3) is 0.192. The van der Waals surface area contributed by atoms with E-state index in [1.54, 1.807) is 0 Å². The molecule has 1 aromatic heterocycles. The monoisotopic (exact) mass is 492 g/mol. The van der Waals surface area contributed by atoms with E-state index in [4.69, 9.17) is 16.6 Å². The third-order valence-corrected chi connectivity index (χ3v) is 6.59. The zero-order valence-corrected chi connectivity index (χ0v) is 20.5. The van der Waals surface area contributed by atoms with Gasteiger partial charge >= 0.3 is 0 Å². The SMILES string of the molecule is Cc1cccc(C)c1NC(=O)CNC(=O)CSc1nc2cc(Cl)ccc2n1Cc1ccccc1. The Kier molecular flexibility index (Phi) is 7.55. The number of carbonyl (C=O) groups excluding carboxylic acids is 2. The molecule has 0 fully saturated rings. The first-order chi connectivity index (χ1) is 16.4. The van der Waals surface area contributed by atoms with Crippen LogP contribution < -0.4 is 10.6 Å². The van der Waals surface area contributed by atoms with Gasteiger partial charge in [0.25, 0.3) is 0 Å². The number of rotatable bonds is 8. The van der Waals surface area contributed by atoms with Crippen molar-refractivity contribution in [1.29, 1.82) is 0 Å². The van der Waals surface area contributed by atoms with Gasteiger partial charge in [0, 0.05) is 10.7 Å². The number of fused-ring (bicyclic) bond motifs is 1. The molecule has 6 nitrogen and oxygen atoms in total. The van der Waals surface area contributed by atoms with Crippen molar-refractivity contribution in [2.24, 2.45) is 0 Å². The number of amides is 2. The van der Waals surface area contributed by atoms with E-state index in [1.807, 2.05) is 68.4 Å². The van der Waals surface area contributed by atoms with E-state index in [0.717, 1.165) is 38.6 Å². The lowest BCUT2D eigenvalue weighted by molar-refractivity contribution is -0.122. The second-order valence-corrected chi connectivity index (χ2v) is 9.36. The van der Waals surface area contributed by atoms with Crippen molar-refractivity contribution in [1.82, 2.24) is 14.9 Å². The van der Waals surface area contributed by atoms with Gasteiger partial charge in [-0.3, -0.25) is 9.59 Å². The number of benzene rings is 3. The number of carbonyl (C=O) groups is 2. The Labute approximate surface area is 207 Å². The highest BCUT2D eigenvalue weighted by Crippen LogP contribution is 2.27. The number of hydrogen-bond donors (Lipinski definition) is 2. The van der Waals surface area contributed by atoms with Gasteiger partial charge in [0.15, 0.2) is 5.16 Å². The average Bonchev–Trinajstić information content (AvgIpc) is 3.15. The highest BCUT2D eigenvalue weighted by atomic mass is 35.5. The van der Waals surface area contributed by atoms with Crippen LogP contribution in [0, 0.1) is 13.8 Å². The van der Waals surface area contributed by atoms with Crippen molar-refractivity contribution < 1.29 is 9.59 Å². The maximum Gasteiger partial charge on any atom is 0.243 e. The van der Waals surface area contributed by atoms with Gasteiger partial charge in [-0.1, -0.05) is 71.9 Å². The summed E-state index contributed by atoms with van der Waals surface area (Å²) >= 11 is 7.49. The van der Waals surface area contributed by atoms with E-state index in [1.165, 1.54) is 11.8 Å². The Morgan fingerprint density at radius 2 is 1.71 bits per heavy atom. The van der Waals surface area contributed by atoms with Crippen molar-refractivity contribution in [2.75, 3.05) is 17.6 Å². The molecule has 0 aliphatic rings. The van der Waals surface area contributed by atoms with Crippen LogP contribution in [0.3, 0.4) is 0 Å². The van der Waals surface area contributed by atoms with Crippen LogP contribution in [0.15, 0.2) is 71.9 Å². The molecule has 1 heterocycles. The average molecular weight is 493 g/mol. The normalized spacial score (nSPS) is 10.9. The molecule has 0 aliphatic heterocycles. The minimum atomic E-state index is -0.262. The summed E-state index contributed by atoms with van der Waals surface area (Å²) in [5.74, 6) is -0.359. The number of nitrogens with zero attached hydrogens (tertiary/aromatic N) is 2. The highest BCUT2D eigenvalue weighted by molar-refractivity contribution is 7.99.